The summed E-state index contributed by atoms with van der Waals surface area (Å²) in [6.07, 6.45) is 5.50. The fourth-order valence-electron chi connectivity index (χ4n) is 3.27. The highest BCUT2D eigenvalue weighted by atomic mass is 16.5. The van der Waals surface area contributed by atoms with Gasteiger partial charge in [-0.2, -0.15) is 5.10 Å². The van der Waals surface area contributed by atoms with E-state index in [9.17, 15) is 0 Å². The quantitative estimate of drug-likeness (QED) is 0.496. The van der Waals surface area contributed by atoms with Crippen molar-refractivity contribution in [3.8, 4) is 0 Å². The van der Waals surface area contributed by atoms with Crippen molar-refractivity contribution in [2.45, 2.75) is 26.3 Å². The van der Waals surface area contributed by atoms with Gasteiger partial charge in [0, 0.05) is 58.0 Å². The molecule has 0 spiro atoms. The number of aromatic nitrogens is 2. The highest BCUT2D eigenvalue weighted by Gasteiger charge is 2.10. The molecule has 0 amide bonds. The average molecular weight is 389 g/mol. The number of nitrogens with zero attached hydrogens (tertiary/aromatic N) is 4. The van der Waals surface area contributed by atoms with Crippen molar-refractivity contribution < 1.29 is 9.15 Å². The molecule has 2 aromatic heterocycles. The molecule has 28 heavy (non-hydrogen) atoms. The maximum Gasteiger partial charge on any atom is 0.191 e. The van der Waals surface area contributed by atoms with E-state index in [0.29, 0.717) is 6.54 Å². The Labute approximate surface area is 166 Å². The van der Waals surface area contributed by atoms with Crippen LogP contribution >= 0.6 is 0 Å². The minimum absolute atomic E-state index is 0.616. The fraction of sp³-hybridized carbons (Fsp3) is 0.600. The van der Waals surface area contributed by atoms with E-state index in [0.717, 1.165) is 76.2 Å². The largest absolute Gasteiger partial charge is 0.469 e. The van der Waals surface area contributed by atoms with Gasteiger partial charge in [-0.25, -0.2) is 4.99 Å². The molecule has 3 rings (SSSR count). The zero-order valence-electron chi connectivity index (χ0n) is 17.0. The maximum absolute atomic E-state index is 5.41. The van der Waals surface area contributed by atoms with Crippen LogP contribution in [0.15, 0.2) is 34.0 Å². The molecule has 1 saturated heterocycles. The Bertz CT molecular complexity index is 719. The summed E-state index contributed by atoms with van der Waals surface area (Å²) in [5.41, 5.74) is 2.28. The lowest BCUT2D eigenvalue weighted by molar-refractivity contribution is 0.0389. The zero-order chi connectivity index (χ0) is 19.6. The van der Waals surface area contributed by atoms with Crippen LogP contribution in [-0.2, 0) is 31.2 Å². The Hall–Kier alpha value is -2.32. The average Bonchev–Trinajstić information content (AvgIpc) is 3.35. The third-order valence-electron chi connectivity index (χ3n) is 4.80. The van der Waals surface area contributed by atoms with Gasteiger partial charge < -0.3 is 19.8 Å². The molecule has 1 aliphatic heterocycles. The Morgan fingerprint density at radius 2 is 2.07 bits per heavy atom. The lowest BCUT2D eigenvalue weighted by Crippen LogP contribution is -2.44. The number of hydrogen-bond donors (Lipinski definition) is 2. The second-order valence-electron chi connectivity index (χ2n) is 6.93. The fourth-order valence-corrected chi connectivity index (χ4v) is 3.27. The number of aryl methyl sites for hydroxylation is 2. The van der Waals surface area contributed by atoms with Crippen molar-refractivity contribution in [3.63, 3.8) is 0 Å². The van der Waals surface area contributed by atoms with Gasteiger partial charge in [-0.05, 0) is 18.6 Å². The Balaban J connectivity index is 1.53. The number of guanidine groups is 1. The first-order valence-electron chi connectivity index (χ1n) is 10.1. The van der Waals surface area contributed by atoms with E-state index in [-0.39, 0.29) is 0 Å². The number of rotatable bonds is 9. The van der Waals surface area contributed by atoms with Gasteiger partial charge in [0.05, 0.1) is 31.7 Å². The standard InChI is InChI=1S/C20H32N6O2/c1-3-19-17(16-25(2)24-19)15-23-20(21-7-6-18-5-4-12-28-18)22-8-9-26-10-13-27-14-11-26/h4-5,12,16H,3,6-11,13-15H2,1-2H3,(H2,21,22,23). The number of furan rings is 1. The Morgan fingerprint density at radius 1 is 1.25 bits per heavy atom. The normalized spacial score (nSPS) is 15.7. The molecule has 0 aromatic carbocycles. The van der Waals surface area contributed by atoms with Crippen molar-refractivity contribution in [2.75, 3.05) is 45.9 Å². The molecular formula is C20H32N6O2. The van der Waals surface area contributed by atoms with E-state index in [4.69, 9.17) is 14.1 Å². The lowest BCUT2D eigenvalue weighted by atomic mass is 10.2. The van der Waals surface area contributed by atoms with Crippen LogP contribution in [0, 0.1) is 0 Å². The second kappa shape index (κ2) is 10.9. The van der Waals surface area contributed by atoms with Gasteiger partial charge in [-0.15, -0.1) is 0 Å². The summed E-state index contributed by atoms with van der Waals surface area (Å²) in [7, 11) is 1.95. The first-order valence-corrected chi connectivity index (χ1v) is 10.1. The summed E-state index contributed by atoms with van der Waals surface area (Å²) in [5.74, 6) is 1.80. The topological polar surface area (TPSA) is 79.8 Å². The Morgan fingerprint density at radius 3 is 2.82 bits per heavy atom. The molecule has 0 aliphatic carbocycles. The molecule has 8 nitrogen and oxygen atoms in total. The first kappa shape index (κ1) is 20.4. The number of morpholine rings is 1. The van der Waals surface area contributed by atoms with Gasteiger partial charge >= 0.3 is 0 Å². The van der Waals surface area contributed by atoms with Gasteiger partial charge in [0.2, 0.25) is 0 Å². The molecule has 1 aliphatic rings. The third-order valence-corrected chi connectivity index (χ3v) is 4.80. The van der Waals surface area contributed by atoms with Crippen molar-refractivity contribution in [1.29, 1.82) is 0 Å². The molecule has 0 bridgehead atoms. The van der Waals surface area contributed by atoms with E-state index >= 15 is 0 Å². The van der Waals surface area contributed by atoms with E-state index in [2.05, 4.69) is 33.8 Å². The van der Waals surface area contributed by atoms with Crippen molar-refractivity contribution in [1.82, 2.24) is 25.3 Å². The van der Waals surface area contributed by atoms with Gasteiger partial charge in [-0.3, -0.25) is 9.58 Å². The van der Waals surface area contributed by atoms with Crippen LogP contribution in [0.1, 0.15) is 23.9 Å². The molecule has 3 heterocycles. The van der Waals surface area contributed by atoms with Crippen LogP contribution in [0.25, 0.3) is 0 Å². The number of ether oxygens (including phenoxy) is 1. The van der Waals surface area contributed by atoms with Crippen LogP contribution in [-0.4, -0.2) is 66.6 Å². The van der Waals surface area contributed by atoms with E-state index in [1.165, 1.54) is 5.56 Å². The van der Waals surface area contributed by atoms with Crippen LogP contribution < -0.4 is 10.6 Å². The molecule has 0 unspecified atom stereocenters. The molecule has 0 saturated carbocycles. The van der Waals surface area contributed by atoms with Gasteiger partial charge in [0.25, 0.3) is 0 Å². The van der Waals surface area contributed by atoms with Crippen LogP contribution in [0.3, 0.4) is 0 Å². The highest BCUT2D eigenvalue weighted by molar-refractivity contribution is 5.79. The summed E-state index contributed by atoms with van der Waals surface area (Å²) in [4.78, 5) is 7.19. The van der Waals surface area contributed by atoms with E-state index in [1.807, 2.05) is 23.9 Å². The van der Waals surface area contributed by atoms with E-state index in [1.54, 1.807) is 6.26 Å². The number of nitrogens with one attached hydrogen (secondary N) is 2. The predicted octanol–water partition coefficient (Wildman–Crippen LogP) is 1.19. The molecule has 154 valence electrons. The summed E-state index contributed by atoms with van der Waals surface area (Å²) in [5, 5.41) is 11.4. The zero-order valence-corrected chi connectivity index (χ0v) is 17.0. The van der Waals surface area contributed by atoms with Crippen LogP contribution in [0.5, 0.6) is 0 Å². The number of hydrogen-bond acceptors (Lipinski definition) is 5. The highest BCUT2D eigenvalue weighted by Crippen LogP contribution is 2.08. The molecule has 0 radical (unpaired) electrons. The van der Waals surface area contributed by atoms with Gasteiger partial charge in [0.1, 0.15) is 5.76 Å². The smallest absolute Gasteiger partial charge is 0.191 e. The van der Waals surface area contributed by atoms with Crippen molar-refractivity contribution in [2.24, 2.45) is 12.0 Å². The Kier molecular flexibility index (Phi) is 7.93. The third kappa shape index (κ3) is 6.38. The monoisotopic (exact) mass is 388 g/mol. The molecule has 8 heteroatoms. The number of aliphatic imine (C=N–C) groups is 1. The predicted molar refractivity (Wildman–Crippen MR) is 109 cm³/mol. The molecule has 0 atom stereocenters. The maximum atomic E-state index is 5.41. The summed E-state index contributed by atoms with van der Waals surface area (Å²) >= 11 is 0. The molecule has 1 fully saturated rings. The summed E-state index contributed by atoms with van der Waals surface area (Å²) < 4.78 is 12.7. The molecule has 2 N–H and O–H groups in total. The van der Waals surface area contributed by atoms with E-state index < -0.39 is 0 Å². The lowest BCUT2D eigenvalue weighted by Gasteiger charge is -2.26. The summed E-state index contributed by atoms with van der Waals surface area (Å²) in [6, 6.07) is 3.91. The van der Waals surface area contributed by atoms with Crippen molar-refractivity contribution in [3.05, 3.63) is 41.6 Å². The molecule has 2 aromatic rings. The van der Waals surface area contributed by atoms with Crippen LogP contribution in [0.4, 0.5) is 0 Å². The minimum atomic E-state index is 0.616. The second-order valence-corrected chi connectivity index (χ2v) is 6.93. The molecular weight excluding hydrogens is 356 g/mol. The SMILES string of the molecule is CCc1nn(C)cc1CN=C(NCCc1ccco1)NCCN1CCOCC1. The minimum Gasteiger partial charge on any atom is -0.469 e. The van der Waals surface area contributed by atoms with Gasteiger partial charge in [0.15, 0.2) is 5.96 Å². The van der Waals surface area contributed by atoms with Gasteiger partial charge in [-0.1, -0.05) is 6.92 Å². The first-order chi connectivity index (χ1) is 13.7. The van der Waals surface area contributed by atoms with Crippen molar-refractivity contribution >= 4 is 5.96 Å². The summed E-state index contributed by atoms with van der Waals surface area (Å²) in [6.45, 7) is 8.97. The van der Waals surface area contributed by atoms with Crippen LogP contribution in [0.2, 0.25) is 0 Å².